The van der Waals surface area contributed by atoms with Gasteiger partial charge in [0.1, 0.15) is 11.3 Å². The minimum Gasteiger partial charge on any atom is -0.381 e. The van der Waals surface area contributed by atoms with Crippen LogP contribution in [0.4, 0.5) is 0 Å². The maximum Gasteiger partial charge on any atom is 0.227 e. The molecule has 1 atom stereocenters. The highest BCUT2D eigenvalue weighted by atomic mass is 16.3. The summed E-state index contributed by atoms with van der Waals surface area (Å²) in [6, 6.07) is 18.2. The minimum atomic E-state index is -1.11. The molecule has 1 aliphatic rings. The van der Waals surface area contributed by atoms with Crippen molar-refractivity contribution in [3.05, 3.63) is 72.1 Å². The lowest BCUT2D eigenvalue weighted by Gasteiger charge is -2.21. The predicted molar refractivity (Wildman–Crippen MR) is 97.1 cm³/mol. The van der Waals surface area contributed by atoms with Crippen LogP contribution in [0.2, 0.25) is 0 Å². The Bertz CT molecular complexity index is 878. The number of hydrogen-bond acceptors (Lipinski definition) is 4. The third-order valence-corrected chi connectivity index (χ3v) is 4.91. The molecule has 132 valence electrons. The summed E-state index contributed by atoms with van der Waals surface area (Å²) >= 11 is 0. The van der Waals surface area contributed by atoms with Crippen LogP contribution in [0.3, 0.4) is 0 Å². The third-order valence-electron chi connectivity index (χ3n) is 4.91. The minimum absolute atomic E-state index is 0.0110. The molecular weight excluding hydrogens is 328 g/mol. The van der Waals surface area contributed by atoms with Crippen molar-refractivity contribution in [1.29, 1.82) is 0 Å². The van der Waals surface area contributed by atoms with Gasteiger partial charge in [0.2, 0.25) is 5.91 Å². The number of rotatable bonds is 4. The zero-order valence-electron chi connectivity index (χ0n) is 14.3. The quantitative estimate of drug-likeness (QED) is 0.757. The Balaban J connectivity index is 1.41. The molecule has 1 aliphatic heterocycles. The molecular formula is C20H20N4O2. The van der Waals surface area contributed by atoms with E-state index in [2.05, 4.69) is 27.5 Å². The van der Waals surface area contributed by atoms with Crippen LogP contribution in [0.15, 0.2) is 60.8 Å². The van der Waals surface area contributed by atoms with E-state index in [9.17, 15) is 9.90 Å². The number of aliphatic hydroxyl groups is 1. The molecule has 0 radical (unpaired) electrons. The highest BCUT2D eigenvalue weighted by Crippen LogP contribution is 2.30. The molecule has 0 spiro atoms. The summed E-state index contributed by atoms with van der Waals surface area (Å²) in [6.45, 7) is 0.769. The van der Waals surface area contributed by atoms with E-state index in [0.29, 0.717) is 25.1 Å². The second-order valence-electron chi connectivity index (χ2n) is 6.69. The normalized spacial score (nSPS) is 19.7. The maximum absolute atomic E-state index is 12.6. The number of nitrogens with zero attached hydrogens (tertiary/aromatic N) is 3. The van der Waals surface area contributed by atoms with Gasteiger partial charge < -0.3 is 10.0 Å². The smallest absolute Gasteiger partial charge is 0.227 e. The van der Waals surface area contributed by atoms with Crippen LogP contribution in [0, 0.1) is 0 Å². The van der Waals surface area contributed by atoms with Crippen molar-refractivity contribution in [2.45, 2.75) is 18.4 Å². The van der Waals surface area contributed by atoms with Crippen molar-refractivity contribution in [3.63, 3.8) is 0 Å². The van der Waals surface area contributed by atoms with Crippen LogP contribution in [-0.4, -0.2) is 44.4 Å². The Hall–Kier alpha value is -2.99. The predicted octanol–water partition coefficient (Wildman–Crippen LogP) is 2.13. The number of aromatic amines is 1. The monoisotopic (exact) mass is 348 g/mol. The Labute approximate surface area is 151 Å². The molecule has 26 heavy (non-hydrogen) atoms. The molecule has 2 N–H and O–H groups in total. The molecule has 4 rings (SSSR count). The summed E-state index contributed by atoms with van der Waals surface area (Å²) in [5, 5.41) is 20.9. The van der Waals surface area contributed by atoms with E-state index < -0.39 is 5.60 Å². The first-order valence-electron chi connectivity index (χ1n) is 8.65. The fraction of sp³-hybridized carbons (Fsp3) is 0.250. The Morgan fingerprint density at radius 1 is 1.12 bits per heavy atom. The van der Waals surface area contributed by atoms with E-state index in [0.717, 1.165) is 16.7 Å². The van der Waals surface area contributed by atoms with Crippen molar-refractivity contribution in [2.75, 3.05) is 13.1 Å². The number of aromatic nitrogens is 3. The van der Waals surface area contributed by atoms with E-state index in [1.807, 2.05) is 42.5 Å². The number of β-amino-alcohol motifs (C(OH)–C–C–N with tert-alkyl or cyclic N) is 1. The molecule has 0 aliphatic carbocycles. The summed E-state index contributed by atoms with van der Waals surface area (Å²) < 4.78 is 0. The zero-order valence-corrected chi connectivity index (χ0v) is 14.3. The number of likely N-dealkylation sites (tertiary alicyclic amines) is 1. The van der Waals surface area contributed by atoms with Crippen molar-refractivity contribution in [2.24, 2.45) is 0 Å². The molecule has 0 unspecified atom stereocenters. The van der Waals surface area contributed by atoms with Crippen LogP contribution >= 0.6 is 0 Å². The van der Waals surface area contributed by atoms with Gasteiger partial charge in [0, 0.05) is 13.0 Å². The summed E-state index contributed by atoms with van der Waals surface area (Å²) in [6.07, 6.45) is 2.30. The van der Waals surface area contributed by atoms with Crippen molar-refractivity contribution in [1.82, 2.24) is 20.3 Å². The second-order valence-corrected chi connectivity index (χ2v) is 6.69. The first-order valence-corrected chi connectivity index (χ1v) is 8.65. The van der Waals surface area contributed by atoms with Crippen molar-refractivity contribution < 1.29 is 9.90 Å². The first kappa shape index (κ1) is 16.5. The highest BCUT2D eigenvalue weighted by molar-refractivity contribution is 5.79. The summed E-state index contributed by atoms with van der Waals surface area (Å²) in [5.74, 6) is 0.0110. The lowest BCUT2D eigenvalue weighted by Crippen LogP contribution is -2.35. The Morgan fingerprint density at radius 2 is 1.85 bits per heavy atom. The van der Waals surface area contributed by atoms with Gasteiger partial charge in [-0.25, -0.2) is 0 Å². The van der Waals surface area contributed by atoms with E-state index in [1.54, 1.807) is 4.90 Å². The van der Waals surface area contributed by atoms with Crippen LogP contribution in [-0.2, 0) is 16.8 Å². The summed E-state index contributed by atoms with van der Waals surface area (Å²) in [4.78, 5) is 14.3. The molecule has 1 fully saturated rings. The molecule has 3 aromatic rings. The van der Waals surface area contributed by atoms with Gasteiger partial charge in [0.15, 0.2) is 0 Å². The fourth-order valence-electron chi connectivity index (χ4n) is 3.37. The van der Waals surface area contributed by atoms with Gasteiger partial charge in [0.25, 0.3) is 0 Å². The highest BCUT2D eigenvalue weighted by Gasteiger charge is 2.41. The molecule has 6 nitrogen and oxygen atoms in total. The van der Waals surface area contributed by atoms with E-state index in [4.69, 9.17) is 0 Å². The van der Waals surface area contributed by atoms with Gasteiger partial charge in [-0.2, -0.15) is 15.4 Å². The summed E-state index contributed by atoms with van der Waals surface area (Å²) in [5.41, 5.74) is 2.62. The molecule has 6 heteroatoms. The topological polar surface area (TPSA) is 82.1 Å². The van der Waals surface area contributed by atoms with Crippen LogP contribution in [0.25, 0.3) is 11.1 Å². The second kappa shape index (κ2) is 6.72. The average Bonchev–Trinajstić information content (AvgIpc) is 3.34. The Morgan fingerprint density at radius 3 is 2.54 bits per heavy atom. The SMILES string of the molecule is O=C(Cc1ccc(-c2ccccc2)cc1)N1CC[C@@](O)(c2cn[nH]n2)C1. The standard InChI is InChI=1S/C20H20N4O2/c25-19(24-11-10-20(26,14-24)18-13-21-23-22-18)12-15-6-8-17(9-7-15)16-4-2-1-3-5-16/h1-9,13,26H,10-12,14H2,(H,21,22,23)/t20-/m0/s1. The van der Waals surface area contributed by atoms with Gasteiger partial charge in [-0.3, -0.25) is 4.79 Å². The van der Waals surface area contributed by atoms with E-state index in [1.165, 1.54) is 6.20 Å². The molecule has 2 aromatic carbocycles. The number of nitrogens with one attached hydrogen (secondary N) is 1. The number of carbonyl (C=O) groups is 1. The van der Waals surface area contributed by atoms with Crippen molar-refractivity contribution >= 4 is 5.91 Å². The van der Waals surface area contributed by atoms with Crippen molar-refractivity contribution in [3.8, 4) is 11.1 Å². The van der Waals surface area contributed by atoms with Gasteiger partial charge in [-0.1, -0.05) is 54.6 Å². The van der Waals surface area contributed by atoms with Crippen LogP contribution in [0.5, 0.6) is 0 Å². The third kappa shape index (κ3) is 3.23. The maximum atomic E-state index is 12.6. The summed E-state index contributed by atoms with van der Waals surface area (Å²) in [7, 11) is 0. The van der Waals surface area contributed by atoms with E-state index in [-0.39, 0.29) is 12.5 Å². The van der Waals surface area contributed by atoms with Crippen LogP contribution < -0.4 is 0 Å². The lowest BCUT2D eigenvalue weighted by molar-refractivity contribution is -0.130. The molecule has 0 bridgehead atoms. The molecule has 2 heterocycles. The first-order chi connectivity index (χ1) is 12.6. The Kier molecular flexibility index (Phi) is 4.26. The van der Waals surface area contributed by atoms with Gasteiger partial charge in [0.05, 0.1) is 19.2 Å². The average molecular weight is 348 g/mol. The van der Waals surface area contributed by atoms with Crippen LogP contribution in [0.1, 0.15) is 17.7 Å². The number of amides is 1. The number of benzene rings is 2. The zero-order chi connectivity index (χ0) is 18.0. The van der Waals surface area contributed by atoms with Gasteiger partial charge in [-0.05, 0) is 16.7 Å². The number of hydrogen-bond donors (Lipinski definition) is 2. The number of H-pyrrole nitrogens is 1. The largest absolute Gasteiger partial charge is 0.381 e. The fourth-order valence-corrected chi connectivity index (χ4v) is 3.37. The number of carbonyl (C=O) groups excluding carboxylic acids is 1. The molecule has 1 saturated heterocycles. The van der Waals surface area contributed by atoms with Gasteiger partial charge in [-0.15, -0.1) is 0 Å². The molecule has 0 saturated carbocycles. The molecule has 1 amide bonds. The molecule has 1 aromatic heterocycles. The van der Waals surface area contributed by atoms with E-state index >= 15 is 0 Å². The lowest BCUT2D eigenvalue weighted by atomic mass is 10.00. The van der Waals surface area contributed by atoms with Gasteiger partial charge >= 0.3 is 0 Å².